The highest BCUT2D eigenvalue weighted by molar-refractivity contribution is 6.14. The smallest absolute Gasteiger partial charge is 0.239 e. The van der Waals surface area contributed by atoms with Gasteiger partial charge < -0.3 is 10.6 Å². The summed E-state index contributed by atoms with van der Waals surface area (Å²) in [5.41, 5.74) is 1.41. The van der Waals surface area contributed by atoms with E-state index >= 15 is 0 Å². The van der Waals surface area contributed by atoms with E-state index in [9.17, 15) is 14.4 Å². The molecule has 0 aliphatic carbocycles. The Morgan fingerprint density at radius 3 is 2.23 bits per heavy atom. The molecule has 0 atom stereocenters. The SMILES string of the molecule is CCc1ccccc1NC(=O)C(C)(C)C(=O)Nc1cccc(C(C)=O)c1. The van der Waals surface area contributed by atoms with Crippen LogP contribution in [0.4, 0.5) is 11.4 Å². The Morgan fingerprint density at radius 2 is 1.58 bits per heavy atom. The van der Waals surface area contributed by atoms with Gasteiger partial charge in [-0.1, -0.05) is 37.3 Å². The Labute approximate surface area is 153 Å². The molecular weight excluding hydrogens is 328 g/mol. The summed E-state index contributed by atoms with van der Waals surface area (Å²) in [6, 6.07) is 14.2. The summed E-state index contributed by atoms with van der Waals surface area (Å²) in [6.45, 7) is 6.61. The molecule has 2 aromatic carbocycles. The number of hydrogen-bond donors (Lipinski definition) is 2. The van der Waals surface area contributed by atoms with E-state index in [-0.39, 0.29) is 5.78 Å². The Balaban J connectivity index is 2.15. The third-order valence-electron chi connectivity index (χ3n) is 4.31. The number of carbonyl (C=O) groups excluding carboxylic acids is 3. The summed E-state index contributed by atoms with van der Waals surface area (Å²) < 4.78 is 0. The van der Waals surface area contributed by atoms with Crippen LogP contribution in [-0.4, -0.2) is 17.6 Å². The molecule has 0 aliphatic heterocycles. The molecule has 0 saturated heterocycles. The molecule has 0 unspecified atom stereocenters. The Kier molecular flexibility index (Phi) is 5.93. The van der Waals surface area contributed by atoms with E-state index in [4.69, 9.17) is 0 Å². The van der Waals surface area contributed by atoms with Crippen LogP contribution in [0, 0.1) is 5.41 Å². The fraction of sp³-hybridized carbons (Fsp3) is 0.286. The number of Topliss-reactive ketones (excluding diaryl/α,β-unsaturated/α-hetero) is 1. The monoisotopic (exact) mass is 352 g/mol. The average Bonchev–Trinajstić information content (AvgIpc) is 2.62. The number of hydrogen-bond acceptors (Lipinski definition) is 3. The minimum absolute atomic E-state index is 0.0886. The predicted octanol–water partition coefficient (Wildman–Crippen LogP) is 4.06. The summed E-state index contributed by atoms with van der Waals surface area (Å²) >= 11 is 0. The van der Waals surface area contributed by atoms with Gasteiger partial charge in [-0.15, -0.1) is 0 Å². The molecule has 2 amide bonds. The quantitative estimate of drug-likeness (QED) is 0.608. The van der Waals surface area contributed by atoms with Gasteiger partial charge in [-0.05, 0) is 51.0 Å². The first kappa shape index (κ1) is 19.4. The van der Waals surface area contributed by atoms with E-state index in [0.717, 1.165) is 12.0 Å². The van der Waals surface area contributed by atoms with Gasteiger partial charge in [0.05, 0.1) is 0 Å². The second kappa shape index (κ2) is 7.95. The number of benzene rings is 2. The van der Waals surface area contributed by atoms with Crippen LogP contribution in [0.3, 0.4) is 0 Å². The minimum atomic E-state index is -1.28. The number of carbonyl (C=O) groups is 3. The van der Waals surface area contributed by atoms with Crippen LogP contribution in [0.25, 0.3) is 0 Å². The molecule has 0 saturated carbocycles. The van der Waals surface area contributed by atoms with Crippen molar-refractivity contribution in [3.63, 3.8) is 0 Å². The second-order valence-corrected chi connectivity index (χ2v) is 6.68. The molecule has 2 N–H and O–H groups in total. The Morgan fingerprint density at radius 1 is 0.923 bits per heavy atom. The summed E-state index contributed by atoms with van der Waals surface area (Å²) in [6.07, 6.45) is 0.779. The molecule has 0 spiro atoms. The second-order valence-electron chi connectivity index (χ2n) is 6.68. The average molecular weight is 352 g/mol. The molecule has 26 heavy (non-hydrogen) atoms. The van der Waals surface area contributed by atoms with Crippen molar-refractivity contribution in [2.75, 3.05) is 10.6 Å². The zero-order valence-corrected chi connectivity index (χ0v) is 15.6. The first-order valence-electron chi connectivity index (χ1n) is 8.57. The van der Waals surface area contributed by atoms with Crippen LogP contribution < -0.4 is 10.6 Å². The number of ketones is 1. The first-order chi connectivity index (χ1) is 12.3. The lowest BCUT2D eigenvalue weighted by Gasteiger charge is -2.23. The fourth-order valence-corrected chi connectivity index (χ4v) is 2.44. The standard InChI is InChI=1S/C21H24N2O3/c1-5-15-9-6-7-12-18(15)23-20(26)21(3,4)19(25)22-17-11-8-10-16(13-17)14(2)24/h6-13H,5H2,1-4H3,(H,22,25)(H,23,26). The molecule has 0 heterocycles. The van der Waals surface area contributed by atoms with Crippen LogP contribution in [0.1, 0.15) is 43.6 Å². The molecule has 0 fully saturated rings. The van der Waals surface area contributed by atoms with Gasteiger partial charge in [0.15, 0.2) is 5.78 Å². The molecule has 5 nitrogen and oxygen atoms in total. The van der Waals surface area contributed by atoms with Crippen LogP contribution in [0.15, 0.2) is 48.5 Å². The summed E-state index contributed by atoms with van der Waals surface area (Å²) in [4.78, 5) is 36.8. The van der Waals surface area contributed by atoms with Gasteiger partial charge >= 0.3 is 0 Å². The highest BCUT2D eigenvalue weighted by atomic mass is 16.2. The number of nitrogens with one attached hydrogen (secondary N) is 2. The maximum Gasteiger partial charge on any atom is 0.239 e. The van der Waals surface area contributed by atoms with Crippen molar-refractivity contribution < 1.29 is 14.4 Å². The van der Waals surface area contributed by atoms with Crippen molar-refractivity contribution in [2.45, 2.75) is 34.1 Å². The number of rotatable bonds is 6. The van der Waals surface area contributed by atoms with Crippen LogP contribution in [0.2, 0.25) is 0 Å². The lowest BCUT2D eigenvalue weighted by atomic mass is 9.90. The van der Waals surface area contributed by atoms with E-state index in [0.29, 0.717) is 16.9 Å². The summed E-state index contributed by atoms with van der Waals surface area (Å²) in [5, 5.41) is 5.56. The highest BCUT2D eigenvalue weighted by Crippen LogP contribution is 2.24. The van der Waals surface area contributed by atoms with Crippen molar-refractivity contribution in [1.82, 2.24) is 0 Å². The molecule has 2 rings (SSSR count). The van der Waals surface area contributed by atoms with Crippen LogP contribution in [0.5, 0.6) is 0 Å². The van der Waals surface area contributed by atoms with E-state index in [1.54, 1.807) is 38.1 Å². The van der Waals surface area contributed by atoms with E-state index in [1.807, 2.05) is 31.2 Å². The van der Waals surface area contributed by atoms with Crippen molar-refractivity contribution in [1.29, 1.82) is 0 Å². The van der Waals surface area contributed by atoms with Gasteiger partial charge in [0, 0.05) is 16.9 Å². The van der Waals surface area contributed by atoms with E-state index in [1.165, 1.54) is 6.92 Å². The molecule has 0 aliphatic rings. The molecular formula is C21H24N2O3. The maximum absolute atomic E-state index is 12.7. The number of para-hydroxylation sites is 1. The van der Waals surface area contributed by atoms with Crippen molar-refractivity contribution in [3.8, 4) is 0 Å². The van der Waals surface area contributed by atoms with E-state index < -0.39 is 17.2 Å². The summed E-state index contributed by atoms with van der Waals surface area (Å²) in [5.74, 6) is -0.919. The predicted molar refractivity (Wildman–Crippen MR) is 103 cm³/mol. The Bertz CT molecular complexity index is 841. The van der Waals surface area contributed by atoms with Crippen molar-refractivity contribution in [2.24, 2.45) is 5.41 Å². The molecule has 0 bridgehead atoms. The lowest BCUT2D eigenvalue weighted by Crippen LogP contribution is -2.41. The third kappa shape index (κ3) is 4.36. The number of anilines is 2. The van der Waals surface area contributed by atoms with Gasteiger partial charge in [-0.3, -0.25) is 14.4 Å². The Hall–Kier alpha value is -2.95. The lowest BCUT2D eigenvalue weighted by molar-refractivity contribution is -0.135. The van der Waals surface area contributed by atoms with Gasteiger partial charge in [0.25, 0.3) is 0 Å². The largest absolute Gasteiger partial charge is 0.325 e. The summed E-state index contributed by atoms with van der Waals surface area (Å²) in [7, 11) is 0. The van der Waals surface area contributed by atoms with Gasteiger partial charge in [-0.25, -0.2) is 0 Å². The highest BCUT2D eigenvalue weighted by Gasteiger charge is 2.36. The molecule has 0 radical (unpaired) electrons. The van der Waals surface area contributed by atoms with Gasteiger partial charge in [0.2, 0.25) is 11.8 Å². The molecule has 5 heteroatoms. The zero-order chi connectivity index (χ0) is 19.3. The van der Waals surface area contributed by atoms with Crippen molar-refractivity contribution in [3.05, 3.63) is 59.7 Å². The van der Waals surface area contributed by atoms with Crippen LogP contribution in [-0.2, 0) is 16.0 Å². The van der Waals surface area contributed by atoms with Crippen molar-refractivity contribution >= 4 is 29.0 Å². The molecule has 136 valence electrons. The number of aryl methyl sites for hydroxylation is 1. The van der Waals surface area contributed by atoms with E-state index in [2.05, 4.69) is 10.6 Å². The van der Waals surface area contributed by atoms with Gasteiger partial charge in [-0.2, -0.15) is 0 Å². The fourth-order valence-electron chi connectivity index (χ4n) is 2.44. The van der Waals surface area contributed by atoms with Crippen LogP contribution >= 0.6 is 0 Å². The zero-order valence-electron chi connectivity index (χ0n) is 15.6. The van der Waals surface area contributed by atoms with Gasteiger partial charge in [0.1, 0.15) is 5.41 Å². The third-order valence-corrected chi connectivity index (χ3v) is 4.31. The molecule has 2 aromatic rings. The number of amides is 2. The molecule has 0 aromatic heterocycles. The first-order valence-corrected chi connectivity index (χ1v) is 8.57. The normalized spacial score (nSPS) is 10.9. The minimum Gasteiger partial charge on any atom is -0.325 e. The maximum atomic E-state index is 12.7. The topological polar surface area (TPSA) is 75.3 Å².